The molecule has 0 spiro atoms. The lowest BCUT2D eigenvalue weighted by Crippen LogP contribution is -2.18. The van der Waals surface area contributed by atoms with Gasteiger partial charge in [0.05, 0.1) is 19.5 Å². The maximum Gasteiger partial charge on any atom is 0.333 e. The summed E-state index contributed by atoms with van der Waals surface area (Å²) in [6.45, 7) is 5.81. The van der Waals surface area contributed by atoms with E-state index in [0.717, 1.165) is 18.5 Å². The van der Waals surface area contributed by atoms with Gasteiger partial charge in [-0.1, -0.05) is 57.4 Å². The van der Waals surface area contributed by atoms with Crippen molar-refractivity contribution in [2.75, 3.05) is 23.8 Å². The summed E-state index contributed by atoms with van der Waals surface area (Å²) in [6, 6.07) is 8.84. The Balaban J connectivity index is 1.49. The van der Waals surface area contributed by atoms with Crippen molar-refractivity contribution in [3.05, 3.63) is 41.7 Å². The molecular formula is C25H37N7O3S. The van der Waals surface area contributed by atoms with Gasteiger partial charge >= 0.3 is 10.3 Å². The van der Waals surface area contributed by atoms with E-state index >= 15 is 0 Å². The average Bonchev–Trinajstić information content (AvgIpc) is 3.26. The van der Waals surface area contributed by atoms with Gasteiger partial charge in [0.25, 0.3) is 0 Å². The van der Waals surface area contributed by atoms with Crippen LogP contribution in [0.5, 0.6) is 0 Å². The van der Waals surface area contributed by atoms with Crippen LogP contribution in [0.3, 0.4) is 0 Å². The van der Waals surface area contributed by atoms with E-state index in [4.69, 9.17) is 5.14 Å². The van der Waals surface area contributed by atoms with E-state index in [1.54, 1.807) is 10.9 Å². The molecule has 1 fully saturated rings. The van der Waals surface area contributed by atoms with Crippen LogP contribution in [0.25, 0.3) is 11.2 Å². The van der Waals surface area contributed by atoms with Crippen molar-refractivity contribution in [1.82, 2.24) is 19.5 Å². The molecule has 1 aliphatic rings. The summed E-state index contributed by atoms with van der Waals surface area (Å²) in [5, 5.41) is 11.7. The van der Waals surface area contributed by atoms with Gasteiger partial charge in [-0.25, -0.2) is 10.1 Å². The smallest absolute Gasteiger partial charge is 0.333 e. The number of benzene rings is 1. The monoisotopic (exact) mass is 515 g/mol. The van der Waals surface area contributed by atoms with E-state index in [0.29, 0.717) is 41.3 Å². The quantitative estimate of drug-likeness (QED) is 0.327. The molecule has 1 aromatic carbocycles. The molecule has 0 bridgehead atoms. The lowest BCUT2D eigenvalue weighted by molar-refractivity contribution is 0.302. The molecule has 0 saturated heterocycles. The summed E-state index contributed by atoms with van der Waals surface area (Å²) >= 11 is 0. The van der Waals surface area contributed by atoms with Crippen molar-refractivity contribution >= 4 is 33.2 Å². The predicted octanol–water partition coefficient (Wildman–Crippen LogP) is 4.16. The van der Waals surface area contributed by atoms with Crippen molar-refractivity contribution < 1.29 is 12.6 Å². The highest BCUT2D eigenvalue weighted by Gasteiger charge is 2.16. The van der Waals surface area contributed by atoms with E-state index in [9.17, 15) is 8.42 Å². The largest absolute Gasteiger partial charge is 0.368 e. The van der Waals surface area contributed by atoms with Crippen LogP contribution in [-0.2, 0) is 27.6 Å². The molecule has 0 amide bonds. The molecule has 4 N–H and O–H groups in total. The number of nitrogens with one attached hydrogen (secondary N) is 2. The number of anilines is 2. The second-order valence-corrected chi connectivity index (χ2v) is 11.1. The van der Waals surface area contributed by atoms with Crippen LogP contribution in [0.2, 0.25) is 0 Å². The second kappa shape index (κ2) is 12.0. The van der Waals surface area contributed by atoms with Crippen molar-refractivity contribution in [2.45, 2.75) is 71.4 Å². The number of imidazole rings is 1. The van der Waals surface area contributed by atoms with Crippen LogP contribution in [0, 0.1) is 5.92 Å². The van der Waals surface area contributed by atoms with E-state index in [1.165, 1.54) is 37.7 Å². The third-order valence-electron chi connectivity index (χ3n) is 6.56. The molecule has 1 aliphatic carbocycles. The third-order valence-corrected chi connectivity index (χ3v) is 7.06. The third kappa shape index (κ3) is 7.37. The molecule has 0 aliphatic heterocycles. The summed E-state index contributed by atoms with van der Waals surface area (Å²) in [5.41, 5.74) is 3.79. The van der Waals surface area contributed by atoms with Gasteiger partial charge in [0.15, 0.2) is 17.0 Å². The zero-order valence-corrected chi connectivity index (χ0v) is 21.9. The summed E-state index contributed by atoms with van der Waals surface area (Å²) in [5.74, 6) is 2.35. The zero-order valence-electron chi connectivity index (χ0n) is 21.1. The molecule has 11 heteroatoms. The molecule has 0 unspecified atom stereocenters. The van der Waals surface area contributed by atoms with Gasteiger partial charge in [-0.15, -0.1) is 0 Å². The van der Waals surface area contributed by atoms with Crippen LogP contribution < -0.4 is 15.8 Å². The first-order valence-electron chi connectivity index (χ1n) is 12.7. The minimum absolute atomic E-state index is 0.111. The highest BCUT2D eigenvalue weighted by atomic mass is 32.2. The molecular weight excluding hydrogens is 478 g/mol. The van der Waals surface area contributed by atoms with Crippen molar-refractivity contribution in [3.8, 4) is 0 Å². The maximum atomic E-state index is 11.1. The van der Waals surface area contributed by atoms with E-state index < -0.39 is 10.3 Å². The van der Waals surface area contributed by atoms with Crippen LogP contribution in [-0.4, -0.2) is 41.1 Å². The molecule has 196 valence electrons. The minimum Gasteiger partial charge on any atom is -0.368 e. The summed E-state index contributed by atoms with van der Waals surface area (Å²) in [6.07, 6.45) is 9.17. The highest BCUT2D eigenvalue weighted by Crippen LogP contribution is 2.32. The average molecular weight is 516 g/mol. The molecule has 2 heterocycles. The summed E-state index contributed by atoms with van der Waals surface area (Å²) in [7, 11) is -4.01. The van der Waals surface area contributed by atoms with Gasteiger partial charge in [-0.2, -0.15) is 18.4 Å². The number of hydrogen-bond acceptors (Lipinski definition) is 8. The first-order chi connectivity index (χ1) is 17.3. The van der Waals surface area contributed by atoms with Crippen molar-refractivity contribution in [1.29, 1.82) is 0 Å². The molecule has 4 rings (SSSR count). The Morgan fingerprint density at radius 3 is 2.56 bits per heavy atom. The number of rotatable bonds is 12. The Labute approximate surface area is 213 Å². The number of nitrogens with zero attached hydrogens (tertiary/aromatic N) is 4. The van der Waals surface area contributed by atoms with E-state index in [1.807, 2.05) is 0 Å². The maximum absolute atomic E-state index is 11.1. The van der Waals surface area contributed by atoms with Gasteiger partial charge in [0.1, 0.15) is 0 Å². The Morgan fingerprint density at radius 1 is 1.11 bits per heavy atom. The SMILES string of the molecule is CC(C)CCNc1nc(NCc2ccc(C3CCCCC3)cc2)nc2c1ncn2CCOS(N)(=O)=O. The molecule has 10 nitrogen and oxygen atoms in total. The van der Waals surface area contributed by atoms with Crippen LogP contribution in [0.15, 0.2) is 30.6 Å². The van der Waals surface area contributed by atoms with Gasteiger partial charge in [-0.05, 0) is 42.2 Å². The van der Waals surface area contributed by atoms with Gasteiger partial charge < -0.3 is 15.2 Å². The minimum atomic E-state index is -4.01. The van der Waals surface area contributed by atoms with Gasteiger partial charge in [0.2, 0.25) is 5.95 Å². The van der Waals surface area contributed by atoms with E-state index in [2.05, 4.69) is 67.9 Å². The van der Waals surface area contributed by atoms with Gasteiger partial charge in [0, 0.05) is 13.1 Å². The Morgan fingerprint density at radius 2 is 1.86 bits per heavy atom. The normalized spacial score (nSPS) is 15.0. The van der Waals surface area contributed by atoms with Crippen molar-refractivity contribution in [2.24, 2.45) is 11.1 Å². The zero-order chi connectivity index (χ0) is 25.5. The van der Waals surface area contributed by atoms with Crippen LogP contribution >= 0.6 is 0 Å². The first kappa shape index (κ1) is 26.3. The summed E-state index contributed by atoms with van der Waals surface area (Å²) < 4.78 is 28.7. The Hall–Kier alpha value is -2.76. The molecule has 3 aromatic rings. The molecule has 0 atom stereocenters. The van der Waals surface area contributed by atoms with E-state index in [-0.39, 0.29) is 13.2 Å². The first-order valence-corrected chi connectivity index (χ1v) is 14.2. The fourth-order valence-corrected chi connectivity index (χ4v) is 4.87. The van der Waals surface area contributed by atoms with Crippen LogP contribution in [0.4, 0.5) is 11.8 Å². The fraction of sp³-hybridized carbons (Fsp3) is 0.560. The van der Waals surface area contributed by atoms with Crippen molar-refractivity contribution in [3.63, 3.8) is 0 Å². The Bertz CT molecular complexity index is 1240. The molecule has 1 saturated carbocycles. The topological polar surface area (TPSA) is 137 Å². The standard InChI is InChI=1S/C25H37N7O3S/c1-18(2)12-13-27-23-22-24(32(17-29-22)14-15-35-36(26,33)34)31-25(30-23)28-16-19-8-10-21(11-9-19)20-6-4-3-5-7-20/h8-11,17-18,20H,3-7,12-16H2,1-2H3,(H2,26,33,34)(H2,27,28,30,31). The molecule has 36 heavy (non-hydrogen) atoms. The molecule has 2 aromatic heterocycles. The summed E-state index contributed by atoms with van der Waals surface area (Å²) in [4.78, 5) is 13.8. The highest BCUT2D eigenvalue weighted by molar-refractivity contribution is 7.84. The number of hydrogen-bond donors (Lipinski definition) is 3. The Kier molecular flexibility index (Phi) is 8.76. The second-order valence-electron chi connectivity index (χ2n) is 9.86. The number of nitrogens with two attached hydrogens (primary N) is 1. The van der Waals surface area contributed by atoms with Gasteiger partial charge in [-0.3, -0.25) is 4.18 Å². The number of fused-ring (bicyclic) bond motifs is 1. The molecule has 0 radical (unpaired) electrons. The lowest BCUT2D eigenvalue weighted by Gasteiger charge is -2.22. The number of aromatic nitrogens is 4. The van der Waals surface area contributed by atoms with Crippen LogP contribution in [0.1, 0.15) is 69.4 Å². The predicted molar refractivity (Wildman–Crippen MR) is 142 cm³/mol. The fourth-order valence-electron chi connectivity index (χ4n) is 4.57. The lowest BCUT2D eigenvalue weighted by atomic mass is 9.84.